The van der Waals surface area contributed by atoms with Crippen LogP contribution in [0, 0.1) is 6.92 Å². The number of carbonyl (C=O) groups is 1. The highest BCUT2D eigenvalue weighted by atomic mass is 35.5. The first-order valence-corrected chi connectivity index (χ1v) is 12.5. The van der Waals surface area contributed by atoms with Crippen molar-refractivity contribution in [1.82, 2.24) is 0 Å². The van der Waals surface area contributed by atoms with Crippen LogP contribution in [0.25, 0.3) is 0 Å². The first-order valence-electron chi connectivity index (χ1n) is 9.07. The van der Waals surface area contributed by atoms with Crippen LogP contribution in [0.1, 0.15) is 28.8 Å². The number of carbonyl (C=O) groups excluding carboxylic acids is 1. The number of halogens is 1. The van der Waals surface area contributed by atoms with Gasteiger partial charge in [-0.1, -0.05) is 17.7 Å². The molecule has 0 radical (unpaired) electrons. The van der Waals surface area contributed by atoms with Crippen molar-refractivity contribution >= 4 is 49.0 Å². The number of methoxy groups -OCH3 is 1. The highest BCUT2D eigenvalue weighted by molar-refractivity contribution is 7.93. The fourth-order valence-electron chi connectivity index (χ4n) is 3.16. The third-order valence-electron chi connectivity index (χ3n) is 4.73. The Labute approximate surface area is 180 Å². The number of hydrogen-bond acceptors (Lipinski definition) is 6. The van der Waals surface area contributed by atoms with Gasteiger partial charge in [-0.25, -0.2) is 21.6 Å². The highest BCUT2D eigenvalue weighted by Gasteiger charge is 2.28. The molecule has 1 saturated heterocycles. The third-order valence-corrected chi connectivity index (χ3v) is 8.44. The van der Waals surface area contributed by atoms with Gasteiger partial charge in [0.2, 0.25) is 10.0 Å². The van der Waals surface area contributed by atoms with Gasteiger partial charge in [0.15, 0.2) is 0 Å². The van der Waals surface area contributed by atoms with E-state index >= 15 is 0 Å². The summed E-state index contributed by atoms with van der Waals surface area (Å²) in [6.45, 7) is 1.90. The summed E-state index contributed by atoms with van der Waals surface area (Å²) in [4.78, 5) is 11.7. The molecule has 0 aromatic heterocycles. The smallest absolute Gasteiger partial charge is 0.337 e. The van der Waals surface area contributed by atoms with E-state index in [1.54, 1.807) is 19.1 Å². The van der Waals surface area contributed by atoms with Crippen LogP contribution in [0.5, 0.6) is 0 Å². The Morgan fingerprint density at radius 3 is 2.57 bits per heavy atom. The number of nitrogens with zero attached hydrogens (tertiary/aromatic N) is 1. The molecule has 8 nitrogen and oxygen atoms in total. The van der Waals surface area contributed by atoms with Crippen LogP contribution in [0.4, 0.5) is 11.4 Å². The van der Waals surface area contributed by atoms with Crippen LogP contribution in [-0.4, -0.2) is 42.2 Å². The molecule has 3 rings (SSSR count). The van der Waals surface area contributed by atoms with Gasteiger partial charge >= 0.3 is 5.97 Å². The van der Waals surface area contributed by atoms with Gasteiger partial charge in [0.1, 0.15) is 0 Å². The Balaban J connectivity index is 2.00. The molecule has 2 aromatic carbocycles. The van der Waals surface area contributed by atoms with E-state index in [1.807, 2.05) is 0 Å². The lowest BCUT2D eigenvalue weighted by Crippen LogP contribution is -2.38. The standard InChI is InChI=1S/C19H21ClN2O6S2/c1-13-5-7-15(22-9-3-4-10-29(22,24)25)12-18(13)30(26,27)21-17-11-14(19(23)28-2)6-8-16(17)20/h5-8,11-12,21H,3-4,9-10H2,1-2H3. The molecule has 11 heteroatoms. The molecular formula is C19H21ClN2O6S2. The predicted octanol–water partition coefficient (Wildman–Crippen LogP) is 3.17. The molecule has 30 heavy (non-hydrogen) atoms. The van der Waals surface area contributed by atoms with E-state index in [9.17, 15) is 21.6 Å². The molecule has 0 saturated carbocycles. The van der Waals surface area contributed by atoms with Crippen molar-refractivity contribution in [2.45, 2.75) is 24.7 Å². The van der Waals surface area contributed by atoms with E-state index in [1.165, 1.54) is 35.7 Å². The fraction of sp³-hybridized carbons (Fsp3) is 0.316. The zero-order valence-corrected chi connectivity index (χ0v) is 18.8. The summed E-state index contributed by atoms with van der Waals surface area (Å²) in [5.74, 6) is -0.613. The Morgan fingerprint density at radius 1 is 1.17 bits per heavy atom. The number of benzene rings is 2. The lowest BCUT2D eigenvalue weighted by atomic mass is 10.2. The van der Waals surface area contributed by atoms with Crippen molar-refractivity contribution in [3.05, 3.63) is 52.5 Å². The first-order chi connectivity index (χ1) is 14.0. The van der Waals surface area contributed by atoms with Crippen molar-refractivity contribution in [1.29, 1.82) is 0 Å². The molecule has 0 amide bonds. The Hall–Kier alpha value is -2.30. The van der Waals surface area contributed by atoms with Gasteiger partial charge in [0, 0.05) is 6.54 Å². The van der Waals surface area contributed by atoms with Crippen LogP contribution >= 0.6 is 11.6 Å². The lowest BCUT2D eigenvalue weighted by molar-refractivity contribution is 0.0600. The summed E-state index contributed by atoms with van der Waals surface area (Å²) in [6.07, 6.45) is 1.27. The molecule has 1 aliphatic rings. The molecular weight excluding hydrogens is 452 g/mol. The predicted molar refractivity (Wildman–Crippen MR) is 115 cm³/mol. The summed E-state index contributed by atoms with van der Waals surface area (Å²) in [6, 6.07) is 8.55. The van der Waals surface area contributed by atoms with Crippen LogP contribution in [0.2, 0.25) is 5.02 Å². The zero-order chi connectivity index (χ0) is 22.1. The van der Waals surface area contributed by atoms with Crippen LogP contribution in [0.3, 0.4) is 0 Å². The van der Waals surface area contributed by atoms with Gasteiger partial charge in [0.25, 0.3) is 10.0 Å². The second-order valence-corrected chi connectivity index (χ2v) is 10.9. The van der Waals surface area contributed by atoms with Gasteiger partial charge in [-0.2, -0.15) is 0 Å². The number of hydrogen-bond donors (Lipinski definition) is 1. The minimum atomic E-state index is -4.12. The molecule has 1 heterocycles. The molecule has 2 aromatic rings. The molecule has 0 bridgehead atoms. The Bertz CT molecular complexity index is 1200. The van der Waals surface area contributed by atoms with Crippen molar-refractivity contribution in [3.8, 4) is 0 Å². The third kappa shape index (κ3) is 4.55. The normalized spacial score (nSPS) is 16.2. The minimum absolute atomic E-state index is 0.00923. The van der Waals surface area contributed by atoms with E-state index in [0.29, 0.717) is 24.9 Å². The Morgan fingerprint density at radius 2 is 1.90 bits per heavy atom. The van der Waals surface area contributed by atoms with Gasteiger partial charge < -0.3 is 4.74 Å². The monoisotopic (exact) mass is 472 g/mol. The SMILES string of the molecule is COC(=O)c1ccc(Cl)c(NS(=O)(=O)c2cc(N3CCCCS3(=O)=O)ccc2C)c1. The number of aryl methyl sites for hydroxylation is 1. The summed E-state index contributed by atoms with van der Waals surface area (Å²) in [5, 5.41) is 0.0960. The van der Waals surface area contributed by atoms with Gasteiger partial charge in [-0.15, -0.1) is 0 Å². The number of anilines is 2. The number of rotatable bonds is 5. The summed E-state index contributed by atoms with van der Waals surface area (Å²) >= 11 is 6.10. The van der Waals surface area contributed by atoms with Crippen LogP contribution in [-0.2, 0) is 24.8 Å². The fourth-order valence-corrected chi connectivity index (χ4v) is 6.35. The molecule has 1 aliphatic heterocycles. The lowest BCUT2D eigenvalue weighted by Gasteiger charge is -2.28. The summed E-state index contributed by atoms with van der Waals surface area (Å²) < 4.78 is 59.2. The van der Waals surface area contributed by atoms with Gasteiger partial charge in [-0.05, 0) is 55.7 Å². The number of nitrogens with one attached hydrogen (secondary N) is 1. The van der Waals surface area contributed by atoms with E-state index in [-0.39, 0.29) is 32.6 Å². The maximum Gasteiger partial charge on any atom is 0.337 e. The average Bonchev–Trinajstić information content (AvgIpc) is 2.69. The van der Waals surface area contributed by atoms with Gasteiger partial charge in [-0.3, -0.25) is 9.03 Å². The molecule has 0 unspecified atom stereocenters. The highest BCUT2D eigenvalue weighted by Crippen LogP contribution is 2.31. The second-order valence-electron chi connectivity index (χ2n) is 6.84. The second kappa shape index (κ2) is 8.44. The van der Waals surface area contributed by atoms with E-state index < -0.39 is 26.0 Å². The van der Waals surface area contributed by atoms with Crippen molar-refractivity contribution < 1.29 is 26.4 Å². The van der Waals surface area contributed by atoms with E-state index in [2.05, 4.69) is 9.46 Å². The molecule has 0 spiro atoms. The van der Waals surface area contributed by atoms with Crippen molar-refractivity contribution in [3.63, 3.8) is 0 Å². The maximum atomic E-state index is 13.1. The van der Waals surface area contributed by atoms with Crippen LogP contribution < -0.4 is 9.03 Å². The van der Waals surface area contributed by atoms with Crippen LogP contribution in [0.15, 0.2) is 41.3 Å². The molecule has 0 aliphatic carbocycles. The maximum absolute atomic E-state index is 13.1. The minimum Gasteiger partial charge on any atom is -0.465 e. The Kier molecular flexibility index (Phi) is 6.30. The number of ether oxygens (including phenoxy) is 1. The zero-order valence-electron chi connectivity index (χ0n) is 16.4. The topological polar surface area (TPSA) is 110 Å². The van der Waals surface area contributed by atoms with E-state index in [4.69, 9.17) is 11.6 Å². The van der Waals surface area contributed by atoms with Crippen molar-refractivity contribution in [2.75, 3.05) is 28.4 Å². The van der Waals surface area contributed by atoms with Crippen molar-refractivity contribution in [2.24, 2.45) is 0 Å². The van der Waals surface area contributed by atoms with E-state index in [0.717, 1.165) is 0 Å². The molecule has 0 atom stereocenters. The quantitative estimate of drug-likeness (QED) is 0.669. The first kappa shape index (κ1) is 22.4. The number of esters is 1. The molecule has 1 N–H and O–H groups in total. The largest absolute Gasteiger partial charge is 0.465 e. The summed E-state index contributed by atoms with van der Waals surface area (Å²) in [5.41, 5.74) is 0.857. The van der Waals surface area contributed by atoms with Gasteiger partial charge in [0.05, 0.1) is 39.7 Å². The summed E-state index contributed by atoms with van der Waals surface area (Å²) in [7, 11) is -6.40. The molecule has 1 fully saturated rings. The average molecular weight is 473 g/mol. The number of sulfonamides is 2. The molecule has 162 valence electrons.